The number of carbonyl (C=O) groups is 2. The van der Waals surface area contributed by atoms with Gasteiger partial charge >= 0.3 is 0 Å². The lowest BCUT2D eigenvalue weighted by Crippen LogP contribution is -2.53. The molecule has 202 valence electrons. The van der Waals surface area contributed by atoms with Crippen LogP contribution in [0.15, 0.2) is 36.4 Å². The van der Waals surface area contributed by atoms with E-state index in [0.717, 1.165) is 54.8 Å². The van der Waals surface area contributed by atoms with Gasteiger partial charge in [-0.1, -0.05) is 60.1 Å². The highest BCUT2D eigenvalue weighted by Crippen LogP contribution is 2.26. The van der Waals surface area contributed by atoms with Crippen molar-refractivity contribution in [2.24, 2.45) is 0 Å². The normalized spacial score (nSPS) is 15.2. The van der Waals surface area contributed by atoms with E-state index in [0.29, 0.717) is 10.6 Å². The lowest BCUT2D eigenvalue weighted by atomic mass is 9.95. The number of nitrogens with zero attached hydrogens (tertiary/aromatic N) is 2. The summed E-state index contributed by atoms with van der Waals surface area (Å²) in [5.41, 5.74) is 0.631. The quantitative estimate of drug-likeness (QED) is 0.421. The Morgan fingerprint density at radius 2 is 1.70 bits per heavy atom. The van der Waals surface area contributed by atoms with E-state index in [9.17, 15) is 22.4 Å². The summed E-state index contributed by atoms with van der Waals surface area (Å²) in [6.45, 7) is 0.951. The smallest absolute Gasteiger partial charge is 0.244 e. The number of anilines is 1. The summed E-state index contributed by atoms with van der Waals surface area (Å²) in [5, 5.41) is 3.35. The van der Waals surface area contributed by atoms with Crippen LogP contribution in [-0.4, -0.2) is 50.0 Å². The Hall–Kier alpha value is -2.07. The summed E-state index contributed by atoms with van der Waals surface area (Å²) in [6, 6.07) is 7.33. The lowest BCUT2D eigenvalue weighted by Gasteiger charge is -2.33. The molecule has 37 heavy (non-hydrogen) atoms. The van der Waals surface area contributed by atoms with Gasteiger partial charge in [0.05, 0.1) is 27.0 Å². The van der Waals surface area contributed by atoms with Gasteiger partial charge in [0.2, 0.25) is 21.8 Å². The molecule has 1 fully saturated rings. The number of halogens is 4. The molecule has 1 aliphatic rings. The van der Waals surface area contributed by atoms with Gasteiger partial charge in [0.1, 0.15) is 18.4 Å². The van der Waals surface area contributed by atoms with Crippen LogP contribution in [0.4, 0.5) is 10.1 Å². The van der Waals surface area contributed by atoms with E-state index in [2.05, 4.69) is 5.32 Å². The van der Waals surface area contributed by atoms with Gasteiger partial charge in [0, 0.05) is 12.6 Å². The van der Waals surface area contributed by atoms with Crippen LogP contribution < -0.4 is 9.62 Å². The molecular weight excluding hydrogens is 564 g/mol. The third kappa shape index (κ3) is 7.96. The van der Waals surface area contributed by atoms with Crippen molar-refractivity contribution in [1.29, 1.82) is 0 Å². The van der Waals surface area contributed by atoms with Crippen LogP contribution in [0.1, 0.15) is 44.6 Å². The summed E-state index contributed by atoms with van der Waals surface area (Å²) in [5.74, 6) is -1.70. The van der Waals surface area contributed by atoms with E-state index in [1.54, 1.807) is 25.1 Å². The third-order valence-corrected chi connectivity index (χ3v) is 8.50. The third-order valence-electron chi connectivity index (χ3n) is 6.33. The number of amides is 2. The maximum atomic E-state index is 13.7. The van der Waals surface area contributed by atoms with Crippen molar-refractivity contribution in [1.82, 2.24) is 10.2 Å². The molecule has 0 heterocycles. The van der Waals surface area contributed by atoms with Crippen molar-refractivity contribution in [3.63, 3.8) is 0 Å². The molecule has 0 saturated heterocycles. The largest absolute Gasteiger partial charge is 0.352 e. The number of rotatable bonds is 9. The van der Waals surface area contributed by atoms with Crippen LogP contribution in [0, 0.1) is 5.82 Å². The number of hydrogen-bond donors (Lipinski definition) is 1. The summed E-state index contributed by atoms with van der Waals surface area (Å²) < 4.78 is 39.7. The zero-order valence-electron chi connectivity index (χ0n) is 20.5. The molecule has 0 aliphatic heterocycles. The van der Waals surface area contributed by atoms with Gasteiger partial charge in [0.25, 0.3) is 0 Å². The predicted molar refractivity (Wildman–Crippen MR) is 145 cm³/mol. The van der Waals surface area contributed by atoms with Gasteiger partial charge in [-0.25, -0.2) is 12.8 Å². The first-order valence-electron chi connectivity index (χ1n) is 11.8. The van der Waals surface area contributed by atoms with E-state index in [1.165, 1.54) is 11.0 Å². The van der Waals surface area contributed by atoms with Gasteiger partial charge in [-0.05, 0) is 55.7 Å². The van der Waals surface area contributed by atoms with Crippen LogP contribution in [0.2, 0.25) is 15.1 Å². The fraction of sp³-hybridized carbons (Fsp3) is 0.440. The minimum Gasteiger partial charge on any atom is -0.352 e. The Labute approximate surface area is 231 Å². The number of carbonyl (C=O) groups excluding carboxylic acids is 2. The second kappa shape index (κ2) is 12.7. The lowest BCUT2D eigenvalue weighted by molar-refractivity contribution is -0.139. The molecule has 2 amide bonds. The second-order valence-corrected chi connectivity index (χ2v) is 12.3. The van der Waals surface area contributed by atoms with Crippen LogP contribution in [0.3, 0.4) is 0 Å². The molecule has 0 aromatic heterocycles. The Balaban J connectivity index is 1.90. The van der Waals surface area contributed by atoms with Gasteiger partial charge in [0.15, 0.2) is 0 Å². The van der Waals surface area contributed by atoms with Crippen LogP contribution >= 0.6 is 34.8 Å². The second-order valence-electron chi connectivity index (χ2n) is 9.16. The van der Waals surface area contributed by atoms with Gasteiger partial charge < -0.3 is 10.2 Å². The van der Waals surface area contributed by atoms with Crippen molar-refractivity contribution >= 4 is 62.3 Å². The first-order valence-corrected chi connectivity index (χ1v) is 14.8. The topological polar surface area (TPSA) is 86.8 Å². The van der Waals surface area contributed by atoms with Crippen molar-refractivity contribution in [2.45, 2.75) is 57.7 Å². The minimum absolute atomic E-state index is 0.0171. The average Bonchev–Trinajstić information content (AvgIpc) is 2.84. The van der Waals surface area contributed by atoms with E-state index in [1.807, 2.05) is 0 Å². The Morgan fingerprint density at radius 1 is 1.03 bits per heavy atom. The van der Waals surface area contributed by atoms with E-state index >= 15 is 0 Å². The van der Waals surface area contributed by atoms with Gasteiger partial charge in [-0.2, -0.15) is 0 Å². The molecule has 1 atom stereocenters. The Bertz CT molecular complexity index is 1260. The van der Waals surface area contributed by atoms with Gasteiger partial charge in [-0.3, -0.25) is 13.9 Å². The molecule has 0 spiro atoms. The fourth-order valence-electron chi connectivity index (χ4n) is 4.24. The first-order chi connectivity index (χ1) is 17.4. The molecule has 0 radical (unpaired) electrons. The number of benzene rings is 2. The summed E-state index contributed by atoms with van der Waals surface area (Å²) in [7, 11) is -3.96. The summed E-state index contributed by atoms with van der Waals surface area (Å²) in [4.78, 5) is 28.0. The molecule has 2 aromatic rings. The first kappa shape index (κ1) is 29.5. The van der Waals surface area contributed by atoms with Crippen molar-refractivity contribution in [2.75, 3.05) is 17.1 Å². The standard InChI is InChI=1S/C25H29Cl3FN3O4S/c1-16(25(34)30-18-6-4-3-5-7-18)31(14-17-8-10-20(26)21(27)12-17)24(33)15-32(37(2,35)36)19-9-11-23(29)22(28)13-19/h8-13,16,18H,3-7,14-15H2,1-2H3,(H,30,34)/t16-/m1/s1. The van der Waals surface area contributed by atoms with E-state index < -0.39 is 34.3 Å². The number of sulfonamides is 1. The molecule has 0 unspecified atom stereocenters. The molecular formula is C25H29Cl3FN3O4S. The number of nitrogens with one attached hydrogen (secondary N) is 1. The van der Waals surface area contributed by atoms with E-state index in [-0.39, 0.29) is 34.2 Å². The zero-order valence-corrected chi connectivity index (χ0v) is 23.6. The molecule has 3 rings (SSSR count). The highest BCUT2D eigenvalue weighted by Gasteiger charge is 2.31. The van der Waals surface area contributed by atoms with Crippen molar-refractivity contribution in [3.8, 4) is 0 Å². The predicted octanol–water partition coefficient (Wildman–Crippen LogP) is 5.42. The molecule has 12 heteroatoms. The van der Waals surface area contributed by atoms with Crippen LogP contribution in [0.25, 0.3) is 0 Å². The Morgan fingerprint density at radius 3 is 2.30 bits per heavy atom. The average molecular weight is 593 g/mol. The summed E-state index contributed by atoms with van der Waals surface area (Å²) >= 11 is 18.0. The van der Waals surface area contributed by atoms with Crippen LogP contribution in [-0.2, 0) is 26.2 Å². The van der Waals surface area contributed by atoms with Gasteiger partial charge in [-0.15, -0.1) is 0 Å². The SMILES string of the molecule is C[C@H](C(=O)NC1CCCCC1)N(Cc1ccc(Cl)c(Cl)c1)C(=O)CN(c1ccc(F)c(Cl)c1)S(C)(=O)=O. The Kier molecular flexibility index (Phi) is 10.1. The molecule has 1 N–H and O–H groups in total. The molecule has 7 nitrogen and oxygen atoms in total. The monoisotopic (exact) mass is 591 g/mol. The van der Waals surface area contributed by atoms with Crippen molar-refractivity contribution < 1.29 is 22.4 Å². The zero-order chi connectivity index (χ0) is 27.3. The maximum absolute atomic E-state index is 13.7. The van der Waals surface area contributed by atoms with Crippen LogP contribution in [0.5, 0.6) is 0 Å². The maximum Gasteiger partial charge on any atom is 0.244 e. The molecule has 1 aliphatic carbocycles. The molecule has 1 saturated carbocycles. The van der Waals surface area contributed by atoms with E-state index in [4.69, 9.17) is 34.8 Å². The highest BCUT2D eigenvalue weighted by molar-refractivity contribution is 7.92. The fourth-order valence-corrected chi connectivity index (χ4v) is 5.58. The summed E-state index contributed by atoms with van der Waals surface area (Å²) in [6.07, 6.45) is 5.83. The molecule has 2 aromatic carbocycles. The minimum atomic E-state index is -3.96. The van der Waals surface area contributed by atoms with Crippen molar-refractivity contribution in [3.05, 3.63) is 62.8 Å². The number of hydrogen-bond acceptors (Lipinski definition) is 4. The highest BCUT2D eigenvalue weighted by atomic mass is 35.5. The molecule has 0 bridgehead atoms.